The molecule has 0 saturated heterocycles. The first-order chi connectivity index (χ1) is 14.2. The fourth-order valence-electron chi connectivity index (χ4n) is 2.93. The molecule has 7 heteroatoms. The quantitative estimate of drug-likeness (QED) is 0.310. The molecule has 0 aliphatic heterocycles. The molecule has 152 valence electrons. The summed E-state index contributed by atoms with van der Waals surface area (Å²) in [7, 11) is 5.04. The molecule has 0 radical (unpaired) electrons. The van der Waals surface area contributed by atoms with Crippen LogP contribution in [0.5, 0.6) is 11.5 Å². The van der Waals surface area contributed by atoms with Gasteiger partial charge >= 0.3 is 0 Å². The fraction of sp³-hybridized carbons (Fsp3) is 0.273. The summed E-state index contributed by atoms with van der Waals surface area (Å²) in [6.07, 6.45) is 0. The highest BCUT2D eigenvalue weighted by molar-refractivity contribution is 5.80. The molecule has 3 aromatic rings. The molecule has 1 aromatic heterocycles. The molecule has 0 atom stereocenters. The van der Waals surface area contributed by atoms with Crippen LogP contribution in [0.4, 0.5) is 5.82 Å². The van der Waals surface area contributed by atoms with Crippen molar-refractivity contribution in [3.8, 4) is 11.5 Å². The Labute approximate surface area is 171 Å². The van der Waals surface area contributed by atoms with E-state index in [0.29, 0.717) is 13.1 Å². The Balaban J connectivity index is 1.46. The van der Waals surface area contributed by atoms with Crippen molar-refractivity contribution in [2.24, 2.45) is 4.99 Å². The average molecular weight is 393 g/mol. The topological polar surface area (TPSA) is 79.8 Å². The second kappa shape index (κ2) is 10.2. The lowest BCUT2D eigenvalue weighted by Crippen LogP contribution is -2.39. The van der Waals surface area contributed by atoms with E-state index in [-0.39, 0.29) is 0 Å². The van der Waals surface area contributed by atoms with E-state index < -0.39 is 0 Å². The maximum Gasteiger partial charge on any atom is 0.191 e. The maximum absolute atomic E-state index is 5.43. The largest absolute Gasteiger partial charge is 0.497 e. The van der Waals surface area contributed by atoms with Gasteiger partial charge in [0, 0.05) is 43.7 Å². The van der Waals surface area contributed by atoms with E-state index in [2.05, 4.69) is 38.1 Å². The van der Waals surface area contributed by atoms with Gasteiger partial charge in [0.15, 0.2) is 5.96 Å². The van der Waals surface area contributed by atoms with Gasteiger partial charge in [-0.05, 0) is 30.3 Å². The first-order valence-electron chi connectivity index (χ1n) is 9.48. The van der Waals surface area contributed by atoms with Crippen LogP contribution in [0.25, 0.3) is 10.9 Å². The van der Waals surface area contributed by atoms with Crippen LogP contribution in [0, 0.1) is 0 Å². The number of para-hydroxylation sites is 1. The van der Waals surface area contributed by atoms with Crippen molar-refractivity contribution in [3.05, 3.63) is 60.2 Å². The summed E-state index contributed by atoms with van der Waals surface area (Å²) >= 11 is 0. The van der Waals surface area contributed by atoms with E-state index in [0.717, 1.165) is 46.3 Å². The highest BCUT2D eigenvalue weighted by Crippen LogP contribution is 2.24. The molecule has 0 amide bonds. The highest BCUT2D eigenvalue weighted by Gasteiger charge is 2.06. The van der Waals surface area contributed by atoms with Crippen molar-refractivity contribution in [3.63, 3.8) is 0 Å². The van der Waals surface area contributed by atoms with Crippen molar-refractivity contribution in [1.82, 2.24) is 15.6 Å². The molecule has 0 spiro atoms. The highest BCUT2D eigenvalue weighted by atomic mass is 16.5. The van der Waals surface area contributed by atoms with Crippen molar-refractivity contribution < 1.29 is 9.47 Å². The van der Waals surface area contributed by atoms with Gasteiger partial charge in [-0.15, -0.1) is 0 Å². The fourth-order valence-corrected chi connectivity index (χ4v) is 2.93. The minimum atomic E-state index is 0.590. The molecule has 0 bridgehead atoms. The Morgan fingerprint density at radius 2 is 1.83 bits per heavy atom. The summed E-state index contributed by atoms with van der Waals surface area (Å²) in [6, 6.07) is 17.9. The number of hydrogen-bond acceptors (Lipinski definition) is 5. The van der Waals surface area contributed by atoms with Crippen LogP contribution in [0.15, 0.2) is 59.6 Å². The van der Waals surface area contributed by atoms with Gasteiger partial charge in [0.05, 0.1) is 19.7 Å². The third-order valence-corrected chi connectivity index (χ3v) is 4.49. The maximum atomic E-state index is 5.43. The number of methoxy groups -OCH3 is 2. The van der Waals surface area contributed by atoms with E-state index in [1.165, 1.54) is 0 Å². The number of fused-ring (bicyclic) bond motifs is 1. The Morgan fingerprint density at radius 1 is 0.966 bits per heavy atom. The number of hydrogen-bond donors (Lipinski definition) is 3. The zero-order valence-electron chi connectivity index (χ0n) is 17.0. The Bertz CT molecular complexity index is 974. The van der Waals surface area contributed by atoms with Crippen molar-refractivity contribution in [2.75, 3.05) is 39.7 Å². The zero-order chi connectivity index (χ0) is 20.5. The van der Waals surface area contributed by atoms with E-state index >= 15 is 0 Å². The van der Waals surface area contributed by atoms with E-state index in [9.17, 15) is 0 Å². The molecule has 3 rings (SSSR count). The van der Waals surface area contributed by atoms with Gasteiger partial charge in [0.2, 0.25) is 0 Å². The normalized spacial score (nSPS) is 11.2. The van der Waals surface area contributed by atoms with Crippen molar-refractivity contribution in [2.45, 2.75) is 6.54 Å². The zero-order valence-corrected chi connectivity index (χ0v) is 17.0. The van der Waals surface area contributed by atoms with Crippen LogP contribution in [0.1, 0.15) is 5.56 Å². The third kappa shape index (κ3) is 5.51. The van der Waals surface area contributed by atoms with Gasteiger partial charge in [-0.2, -0.15) is 0 Å². The van der Waals surface area contributed by atoms with Gasteiger partial charge in [-0.1, -0.05) is 18.2 Å². The SMILES string of the molecule is CN=C(NCCNc1ccc2ccccc2n1)NCc1ccc(OC)cc1OC. The molecule has 0 aliphatic carbocycles. The van der Waals surface area contributed by atoms with Gasteiger partial charge < -0.3 is 25.4 Å². The van der Waals surface area contributed by atoms with E-state index in [1.807, 2.05) is 42.5 Å². The third-order valence-electron chi connectivity index (χ3n) is 4.49. The number of ether oxygens (including phenoxy) is 2. The smallest absolute Gasteiger partial charge is 0.191 e. The number of rotatable bonds is 8. The molecular formula is C22H27N5O2. The number of aromatic nitrogens is 1. The number of nitrogens with one attached hydrogen (secondary N) is 3. The molecule has 0 saturated carbocycles. The molecule has 29 heavy (non-hydrogen) atoms. The molecule has 7 nitrogen and oxygen atoms in total. The Kier molecular flexibility index (Phi) is 7.10. The van der Waals surface area contributed by atoms with E-state index in [1.54, 1.807) is 21.3 Å². The van der Waals surface area contributed by atoms with Crippen molar-refractivity contribution in [1.29, 1.82) is 0 Å². The molecule has 0 fully saturated rings. The minimum Gasteiger partial charge on any atom is -0.497 e. The summed E-state index contributed by atoms with van der Waals surface area (Å²) in [4.78, 5) is 8.88. The van der Waals surface area contributed by atoms with Crippen LogP contribution in [0.3, 0.4) is 0 Å². The number of nitrogens with zero attached hydrogens (tertiary/aromatic N) is 2. The van der Waals surface area contributed by atoms with Gasteiger partial charge in [-0.25, -0.2) is 4.98 Å². The Morgan fingerprint density at radius 3 is 2.62 bits per heavy atom. The number of benzene rings is 2. The first-order valence-corrected chi connectivity index (χ1v) is 9.48. The van der Waals surface area contributed by atoms with Gasteiger partial charge in [0.1, 0.15) is 17.3 Å². The standard InChI is InChI=1S/C22H27N5O2/c1-23-22(26-15-17-8-10-18(28-2)14-20(17)29-3)25-13-12-24-21-11-9-16-6-4-5-7-19(16)27-21/h4-11,14H,12-13,15H2,1-3H3,(H,24,27)(H2,23,25,26). The molecular weight excluding hydrogens is 366 g/mol. The Hall–Kier alpha value is -3.48. The molecule has 0 unspecified atom stereocenters. The van der Waals surface area contributed by atoms with Crippen LogP contribution >= 0.6 is 0 Å². The summed E-state index contributed by atoms with van der Waals surface area (Å²) < 4.78 is 10.7. The van der Waals surface area contributed by atoms with Crippen LogP contribution < -0.4 is 25.4 Å². The second-order valence-electron chi connectivity index (χ2n) is 6.35. The second-order valence-corrected chi connectivity index (χ2v) is 6.35. The van der Waals surface area contributed by atoms with Gasteiger partial charge in [-0.3, -0.25) is 4.99 Å². The van der Waals surface area contributed by atoms with Crippen LogP contribution in [0.2, 0.25) is 0 Å². The summed E-state index contributed by atoms with van der Waals surface area (Å²) in [6.45, 7) is 2.01. The average Bonchev–Trinajstić information content (AvgIpc) is 2.78. The summed E-state index contributed by atoms with van der Waals surface area (Å²) in [5, 5.41) is 11.1. The number of guanidine groups is 1. The lowest BCUT2D eigenvalue weighted by atomic mass is 10.2. The lowest BCUT2D eigenvalue weighted by Gasteiger charge is -2.15. The first kappa shape index (κ1) is 20.3. The molecule has 0 aliphatic rings. The molecule has 2 aromatic carbocycles. The monoisotopic (exact) mass is 393 g/mol. The predicted molar refractivity (Wildman–Crippen MR) is 118 cm³/mol. The number of anilines is 1. The minimum absolute atomic E-state index is 0.590. The predicted octanol–water partition coefficient (Wildman–Crippen LogP) is 3.03. The molecule has 1 heterocycles. The van der Waals surface area contributed by atoms with Gasteiger partial charge in [0.25, 0.3) is 0 Å². The lowest BCUT2D eigenvalue weighted by molar-refractivity contribution is 0.390. The van der Waals surface area contributed by atoms with Crippen LogP contribution in [-0.4, -0.2) is 45.3 Å². The van der Waals surface area contributed by atoms with E-state index in [4.69, 9.17) is 9.47 Å². The number of aliphatic imine (C=N–C) groups is 1. The van der Waals surface area contributed by atoms with Crippen molar-refractivity contribution >= 4 is 22.7 Å². The summed E-state index contributed by atoms with van der Waals surface area (Å²) in [5.41, 5.74) is 2.01. The number of pyridine rings is 1. The molecule has 3 N–H and O–H groups in total. The van der Waals surface area contributed by atoms with Crippen LogP contribution in [-0.2, 0) is 6.54 Å². The summed E-state index contributed by atoms with van der Waals surface area (Å²) in [5.74, 6) is 3.12.